The Balaban J connectivity index is 1.56. The molecule has 0 saturated carbocycles. The van der Waals surface area contributed by atoms with Gasteiger partial charge in [0.2, 0.25) is 0 Å². The standard InChI is InChI=1S/C25H24N2O2S/c1-17-9-11-21(12-10-17)16-27-24(28)23(30-25(27)29)14-22-13-18(2)26(19(22)3)15-20-7-5-4-6-8-20/h4-14H,15-16H2,1-3H3/b23-14-. The van der Waals surface area contributed by atoms with Crippen LogP contribution in [0.1, 0.15) is 33.6 Å². The highest BCUT2D eigenvalue weighted by molar-refractivity contribution is 8.18. The summed E-state index contributed by atoms with van der Waals surface area (Å²) < 4.78 is 2.23. The maximum absolute atomic E-state index is 12.9. The first-order valence-corrected chi connectivity index (χ1v) is 10.8. The molecule has 4 rings (SSSR count). The van der Waals surface area contributed by atoms with Crippen LogP contribution in [0.2, 0.25) is 0 Å². The number of nitrogens with zero attached hydrogens (tertiary/aromatic N) is 2. The van der Waals surface area contributed by atoms with Crippen molar-refractivity contribution < 1.29 is 9.59 Å². The summed E-state index contributed by atoms with van der Waals surface area (Å²) in [7, 11) is 0. The number of hydrogen-bond acceptors (Lipinski definition) is 3. The number of rotatable bonds is 5. The van der Waals surface area contributed by atoms with E-state index in [1.807, 2.05) is 55.5 Å². The molecule has 1 fully saturated rings. The van der Waals surface area contributed by atoms with Gasteiger partial charge in [-0.15, -0.1) is 0 Å². The van der Waals surface area contributed by atoms with Gasteiger partial charge in [0.25, 0.3) is 11.1 Å². The number of aromatic nitrogens is 1. The highest BCUT2D eigenvalue weighted by atomic mass is 32.2. The van der Waals surface area contributed by atoms with Crippen molar-refractivity contribution in [2.45, 2.75) is 33.9 Å². The molecule has 0 atom stereocenters. The van der Waals surface area contributed by atoms with Crippen molar-refractivity contribution in [1.29, 1.82) is 0 Å². The van der Waals surface area contributed by atoms with Gasteiger partial charge in [0.15, 0.2) is 0 Å². The van der Waals surface area contributed by atoms with E-state index in [0.717, 1.165) is 46.4 Å². The van der Waals surface area contributed by atoms with E-state index < -0.39 is 0 Å². The molecule has 152 valence electrons. The number of carbonyl (C=O) groups is 2. The molecule has 30 heavy (non-hydrogen) atoms. The van der Waals surface area contributed by atoms with Crippen molar-refractivity contribution >= 4 is 29.0 Å². The summed E-state index contributed by atoms with van der Waals surface area (Å²) >= 11 is 1.02. The molecule has 1 aliphatic heterocycles. The summed E-state index contributed by atoms with van der Waals surface area (Å²) in [5.74, 6) is -0.224. The molecule has 4 nitrogen and oxygen atoms in total. The maximum Gasteiger partial charge on any atom is 0.293 e. The molecule has 1 aromatic heterocycles. The quantitative estimate of drug-likeness (QED) is 0.501. The summed E-state index contributed by atoms with van der Waals surface area (Å²) in [5.41, 5.74) is 6.51. The van der Waals surface area contributed by atoms with E-state index in [0.29, 0.717) is 11.4 Å². The zero-order chi connectivity index (χ0) is 21.3. The van der Waals surface area contributed by atoms with Gasteiger partial charge in [0.1, 0.15) is 0 Å². The second kappa shape index (κ2) is 8.36. The number of carbonyl (C=O) groups excluding carboxylic acids is 2. The van der Waals surface area contributed by atoms with Crippen molar-refractivity contribution in [2.24, 2.45) is 0 Å². The van der Waals surface area contributed by atoms with Gasteiger partial charge < -0.3 is 4.57 Å². The molecule has 0 spiro atoms. The number of thioether (sulfide) groups is 1. The summed E-state index contributed by atoms with van der Waals surface area (Å²) in [6.07, 6.45) is 1.85. The van der Waals surface area contributed by atoms with Gasteiger partial charge in [-0.3, -0.25) is 14.5 Å². The van der Waals surface area contributed by atoms with Crippen LogP contribution in [0.3, 0.4) is 0 Å². The van der Waals surface area contributed by atoms with E-state index in [9.17, 15) is 9.59 Å². The minimum Gasteiger partial charge on any atom is -0.344 e. The third-order valence-electron chi connectivity index (χ3n) is 5.42. The summed E-state index contributed by atoms with van der Waals surface area (Å²) in [4.78, 5) is 27.2. The molecule has 5 heteroatoms. The Labute approximate surface area is 181 Å². The van der Waals surface area contributed by atoms with Crippen molar-refractivity contribution in [3.8, 4) is 0 Å². The van der Waals surface area contributed by atoms with E-state index in [1.165, 1.54) is 10.5 Å². The van der Waals surface area contributed by atoms with Gasteiger partial charge >= 0.3 is 0 Å². The lowest BCUT2D eigenvalue weighted by atomic mass is 10.1. The highest BCUT2D eigenvalue weighted by Crippen LogP contribution is 2.34. The SMILES string of the molecule is Cc1ccc(CN2C(=O)S/C(=C\c3cc(C)n(Cc4ccccc4)c3C)C2=O)cc1. The van der Waals surface area contributed by atoms with E-state index in [-0.39, 0.29) is 11.1 Å². The molecular weight excluding hydrogens is 392 g/mol. The predicted molar refractivity (Wildman–Crippen MR) is 122 cm³/mol. The van der Waals surface area contributed by atoms with Crippen molar-refractivity contribution in [3.05, 3.63) is 99.2 Å². The largest absolute Gasteiger partial charge is 0.344 e. The summed E-state index contributed by atoms with van der Waals surface area (Å²) in [5, 5.41) is -0.218. The average Bonchev–Trinajstić information content (AvgIpc) is 3.15. The molecule has 0 radical (unpaired) electrons. The maximum atomic E-state index is 12.9. The first kappa shape index (κ1) is 20.2. The van der Waals surface area contributed by atoms with Crippen LogP contribution >= 0.6 is 11.8 Å². The Bertz CT molecular complexity index is 1130. The van der Waals surface area contributed by atoms with E-state index in [2.05, 4.69) is 36.6 Å². The molecule has 3 aromatic rings. The number of hydrogen-bond donors (Lipinski definition) is 0. The molecule has 0 bridgehead atoms. The molecule has 2 heterocycles. The zero-order valence-corrected chi connectivity index (χ0v) is 18.2. The third kappa shape index (κ3) is 4.12. The Kier molecular flexibility index (Phi) is 5.64. The van der Waals surface area contributed by atoms with Crippen LogP contribution in [0.25, 0.3) is 6.08 Å². The second-order valence-electron chi connectivity index (χ2n) is 7.65. The molecule has 1 saturated heterocycles. The molecule has 2 aromatic carbocycles. The van der Waals surface area contributed by atoms with Gasteiger partial charge in [0, 0.05) is 17.9 Å². The fourth-order valence-corrected chi connectivity index (χ4v) is 4.47. The van der Waals surface area contributed by atoms with Crippen molar-refractivity contribution in [3.63, 3.8) is 0 Å². The van der Waals surface area contributed by atoms with Crippen LogP contribution in [-0.2, 0) is 17.9 Å². The van der Waals surface area contributed by atoms with Crippen LogP contribution in [0, 0.1) is 20.8 Å². The summed E-state index contributed by atoms with van der Waals surface area (Å²) in [6, 6.07) is 20.3. The van der Waals surface area contributed by atoms with Crippen molar-refractivity contribution in [1.82, 2.24) is 9.47 Å². The Morgan fingerprint density at radius 3 is 2.23 bits per heavy atom. The first-order chi connectivity index (χ1) is 14.4. The zero-order valence-electron chi connectivity index (χ0n) is 17.4. The molecule has 0 aliphatic carbocycles. The van der Waals surface area contributed by atoms with Crippen LogP contribution in [0.5, 0.6) is 0 Å². The lowest BCUT2D eigenvalue weighted by molar-refractivity contribution is -0.123. The first-order valence-electron chi connectivity index (χ1n) is 9.94. The number of imide groups is 1. The third-order valence-corrected chi connectivity index (χ3v) is 6.33. The van der Waals surface area contributed by atoms with Crippen molar-refractivity contribution in [2.75, 3.05) is 0 Å². The van der Waals surface area contributed by atoms with Gasteiger partial charge in [-0.1, -0.05) is 60.2 Å². The van der Waals surface area contributed by atoms with Crippen LogP contribution in [0.15, 0.2) is 65.6 Å². The summed E-state index contributed by atoms with van der Waals surface area (Å²) in [6.45, 7) is 7.21. The number of amides is 2. The fraction of sp³-hybridized carbons (Fsp3) is 0.200. The van der Waals surface area contributed by atoms with Gasteiger partial charge in [0.05, 0.1) is 11.4 Å². The van der Waals surface area contributed by atoms with Gasteiger partial charge in [-0.2, -0.15) is 0 Å². The van der Waals surface area contributed by atoms with E-state index in [1.54, 1.807) is 0 Å². The number of benzene rings is 2. The van der Waals surface area contributed by atoms with Gasteiger partial charge in [-0.25, -0.2) is 0 Å². The molecule has 0 N–H and O–H groups in total. The van der Waals surface area contributed by atoms with E-state index >= 15 is 0 Å². The number of aryl methyl sites for hydroxylation is 2. The van der Waals surface area contributed by atoms with Crippen LogP contribution < -0.4 is 0 Å². The van der Waals surface area contributed by atoms with Crippen LogP contribution in [0.4, 0.5) is 4.79 Å². The molecule has 0 unspecified atom stereocenters. The Morgan fingerprint density at radius 1 is 0.867 bits per heavy atom. The highest BCUT2D eigenvalue weighted by Gasteiger charge is 2.35. The minimum atomic E-state index is -0.224. The Hall–Kier alpha value is -3.05. The van der Waals surface area contributed by atoms with E-state index in [4.69, 9.17) is 0 Å². The lowest BCUT2D eigenvalue weighted by Gasteiger charge is -2.12. The lowest BCUT2D eigenvalue weighted by Crippen LogP contribution is -2.27. The fourth-order valence-electron chi connectivity index (χ4n) is 3.64. The average molecular weight is 417 g/mol. The monoisotopic (exact) mass is 416 g/mol. The van der Waals surface area contributed by atoms with Crippen LogP contribution in [-0.4, -0.2) is 20.6 Å². The van der Waals surface area contributed by atoms with Gasteiger partial charge in [-0.05, 0) is 61.4 Å². The minimum absolute atomic E-state index is 0.218. The smallest absolute Gasteiger partial charge is 0.293 e. The molecular formula is C25H24N2O2S. The molecule has 1 aliphatic rings. The predicted octanol–water partition coefficient (Wildman–Crippen LogP) is 5.70. The normalized spacial score (nSPS) is 15.4. The topological polar surface area (TPSA) is 42.3 Å². The molecule has 2 amide bonds. The second-order valence-corrected chi connectivity index (χ2v) is 8.64. The Morgan fingerprint density at radius 2 is 1.53 bits per heavy atom.